The van der Waals surface area contributed by atoms with Crippen LogP contribution in [0.2, 0.25) is 0 Å². The van der Waals surface area contributed by atoms with E-state index < -0.39 is 0 Å². The van der Waals surface area contributed by atoms with Crippen molar-refractivity contribution in [1.82, 2.24) is 0 Å². The maximum absolute atomic E-state index is 9.48. The number of allylic oxidation sites excluding steroid dienone is 2. The highest BCUT2D eigenvalue weighted by Gasteiger charge is 1.88. The van der Waals surface area contributed by atoms with E-state index in [2.05, 4.69) is 6.08 Å². The van der Waals surface area contributed by atoms with Crippen LogP contribution in [0.15, 0.2) is 5.57 Å². The van der Waals surface area contributed by atoms with Gasteiger partial charge in [0.2, 0.25) is 0 Å². The van der Waals surface area contributed by atoms with Gasteiger partial charge < -0.3 is 0 Å². The number of carbonyl (C=O) groups is 1. The fourth-order valence-electron chi connectivity index (χ4n) is 0.118. The van der Waals surface area contributed by atoms with Crippen LogP contribution in [0.3, 0.4) is 0 Å². The molecule has 0 radical (unpaired) electrons. The number of rotatable bonds is 1. The zero-order valence-corrected chi connectivity index (χ0v) is 3.99. The van der Waals surface area contributed by atoms with Crippen molar-refractivity contribution in [3.8, 4) is 0 Å². The molecule has 0 aliphatic carbocycles. The van der Waals surface area contributed by atoms with Gasteiger partial charge in [-0.25, -0.2) is 4.79 Å². The van der Waals surface area contributed by atoms with Crippen LogP contribution in [-0.2, 0) is 4.79 Å². The largest absolute Gasteiger partial charge is 0.380 e. The third-order valence-electron chi connectivity index (χ3n) is 0.348. The van der Waals surface area contributed by atoms with Gasteiger partial charge in [0.05, 0.1) is 0 Å². The lowest BCUT2D eigenvalue weighted by molar-refractivity contribution is -0.104. The Labute approximate surface area is 37.7 Å². The summed E-state index contributed by atoms with van der Waals surface area (Å²) >= 11 is 0. The molecule has 0 aromatic heterocycles. The quantitative estimate of drug-likeness (QED) is 0.262. The van der Waals surface area contributed by atoms with Crippen molar-refractivity contribution in [1.29, 1.82) is 0 Å². The van der Waals surface area contributed by atoms with E-state index in [0.717, 1.165) is 5.57 Å². The first-order valence-electron chi connectivity index (χ1n) is 1.77. The Bertz CT molecular complexity index is 68.0. The second kappa shape index (κ2) is 2.55. The van der Waals surface area contributed by atoms with E-state index >= 15 is 0 Å². The van der Waals surface area contributed by atoms with Crippen LogP contribution in [0.5, 0.6) is 0 Å². The third kappa shape index (κ3) is 3.32. The lowest BCUT2D eigenvalue weighted by Gasteiger charge is -1.54. The fourth-order valence-corrected chi connectivity index (χ4v) is 0.118. The minimum atomic E-state index is 0.662. The van der Waals surface area contributed by atoms with Gasteiger partial charge in [-0.05, 0) is 0 Å². The van der Waals surface area contributed by atoms with Crippen molar-refractivity contribution in [2.24, 2.45) is 0 Å². The topological polar surface area (TPSA) is 17.1 Å². The van der Waals surface area contributed by atoms with Gasteiger partial charge in [-0.1, -0.05) is 0 Å². The van der Waals surface area contributed by atoms with Gasteiger partial charge >= 0.3 is 12.4 Å². The molecule has 0 aliphatic heterocycles. The van der Waals surface area contributed by atoms with Crippen LogP contribution in [0.4, 0.5) is 0 Å². The van der Waals surface area contributed by atoms with Gasteiger partial charge in [0.15, 0.2) is 5.57 Å². The van der Waals surface area contributed by atoms with Crippen LogP contribution in [0.1, 0.15) is 13.8 Å². The number of hydrogen-bond donors (Lipinski definition) is 0. The smallest absolute Gasteiger partial charge is 0.235 e. The first-order chi connectivity index (χ1) is 2.77. The Balaban J connectivity index is 3.41. The summed E-state index contributed by atoms with van der Waals surface area (Å²) in [6, 6.07) is 0. The van der Waals surface area contributed by atoms with Crippen molar-refractivity contribution < 1.29 is 4.79 Å². The van der Waals surface area contributed by atoms with Gasteiger partial charge in [-0.15, -0.1) is 0 Å². The van der Waals surface area contributed by atoms with E-state index in [1.807, 2.05) is 13.8 Å². The van der Waals surface area contributed by atoms with Crippen molar-refractivity contribution in [3.05, 3.63) is 11.6 Å². The molecule has 1 nitrogen and oxygen atoms in total. The Hall–Kier alpha value is -0.680. The van der Waals surface area contributed by atoms with Crippen molar-refractivity contribution in [3.63, 3.8) is 0 Å². The van der Waals surface area contributed by atoms with Crippen LogP contribution in [0.25, 0.3) is 0 Å². The molecule has 0 bridgehead atoms. The summed E-state index contributed by atoms with van der Waals surface area (Å²) in [5.74, 6) is 0. The zero-order valence-electron chi connectivity index (χ0n) is 3.99. The Morgan fingerprint density at radius 3 is 2.17 bits per heavy atom. The molecule has 0 unspecified atom stereocenters. The maximum atomic E-state index is 9.48. The minimum Gasteiger partial charge on any atom is -0.235 e. The van der Waals surface area contributed by atoms with Crippen molar-refractivity contribution >= 4 is 6.29 Å². The SMILES string of the molecule is CC(C)=[C+]C=O. The second-order valence-electron chi connectivity index (χ2n) is 1.26. The van der Waals surface area contributed by atoms with Gasteiger partial charge in [0, 0.05) is 13.8 Å². The van der Waals surface area contributed by atoms with E-state index in [4.69, 9.17) is 0 Å². The van der Waals surface area contributed by atoms with Gasteiger partial charge in [-0.3, -0.25) is 0 Å². The summed E-state index contributed by atoms with van der Waals surface area (Å²) in [4.78, 5) is 9.48. The maximum Gasteiger partial charge on any atom is 0.380 e. The Morgan fingerprint density at radius 1 is 1.67 bits per heavy atom. The van der Waals surface area contributed by atoms with Crippen LogP contribution < -0.4 is 0 Å². The first kappa shape index (κ1) is 5.32. The van der Waals surface area contributed by atoms with Crippen LogP contribution in [0, 0.1) is 6.08 Å². The lowest BCUT2D eigenvalue weighted by atomic mass is 10.3. The molecule has 0 atom stereocenters. The summed E-state index contributed by atoms with van der Waals surface area (Å²) in [5, 5.41) is 0. The highest BCUT2D eigenvalue weighted by atomic mass is 16.1. The fraction of sp³-hybridized carbons (Fsp3) is 0.400. The lowest BCUT2D eigenvalue weighted by Crippen LogP contribution is -1.64. The Morgan fingerprint density at radius 2 is 2.17 bits per heavy atom. The van der Waals surface area contributed by atoms with Crippen molar-refractivity contribution in [2.45, 2.75) is 13.8 Å². The molecule has 0 spiro atoms. The molecule has 0 rings (SSSR count). The summed E-state index contributed by atoms with van der Waals surface area (Å²) in [7, 11) is 0. The van der Waals surface area contributed by atoms with E-state index in [9.17, 15) is 4.79 Å². The van der Waals surface area contributed by atoms with Gasteiger partial charge in [0.25, 0.3) is 0 Å². The number of aldehydes is 1. The molecule has 0 aromatic carbocycles. The van der Waals surface area contributed by atoms with Crippen LogP contribution in [-0.4, -0.2) is 6.29 Å². The predicted octanol–water partition coefficient (Wildman–Crippen LogP) is 0.955. The highest BCUT2D eigenvalue weighted by Crippen LogP contribution is 1.80. The minimum absolute atomic E-state index is 0.662. The number of carbonyl (C=O) groups excluding carboxylic acids is 1. The molecular weight excluding hydrogens is 76.1 g/mol. The third-order valence-corrected chi connectivity index (χ3v) is 0.348. The molecule has 6 heavy (non-hydrogen) atoms. The summed E-state index contributed by atoms with van der Waals surface area (Å²) in [5.41, 5.74) is 0.921. The molecule has 1 heteroatoms. The second-order valence-corrected chi connectivity index (χ2v) is 1.26. The van der Waals surface area contributed by atoms with Gasteiger partial charge in [-0.2, -0.15) is 0 Å². The number of hydrogen-bond acceptors (Lipinski definition) is 1. The molecule has 0 saturated heterocycles. The van der Waals surface area contributed by atoms with E-state index in [-0.39, 0.29) is 0 Å². The van der Waals surface area contributed by atoms with E-state index in [0.29, 0.717) is 6.29 Å². The predicted molar refractivity (Wildman–Crippen MR) is 24.2 cm³/mol. The summed E-state index contributed by atoms with van der Waals surface area (Å²) in [6.07, 6.45) is 3.11. The highest BCUT2D eigenvalue weighted by molar-refractivity contribution is 5.60. The van der Waals surface area contributed by atoms with E-state index in [1.54, 1.807) is 0 Å². The Kier molecular flexibility index (Phi) is 2.26. The normalized spacial score (nSPS) is 6.33. The average molecular weight is 83.1 g/mol. The zero-order chi connectivity index (χ0) is 4.99. The monoisotopic (exact) mass is 83.0 g/mol. The molecule has 0 aromatic rings. The summed E-state index contributed by atoms with van der Waals surface area (Å²) < 4.78 is 0. The molecule has 0 heterocycles. The van der Waals surface area contributed by atoms with Crippen molar-refractivity contribution in [2.75, 3.05) is 0 Å². The average Bonchev–Trinajstić information content (AvgIpc) is 1.35. The molecule has 0 N–H and O–H groups in total. The van der Waals surface area contributed by atoms with E-state index in [1.165, 1.54) is 0 Å². The molecule has 0 amide bonds. The molecule has 32 valence electrons. The summed E-state index contributed by atoms with van der Waals surface area (Å²) in [6.45, 7) is 3.66. The van der Waals surface area contributed by atoms with Gasteiger partial charge in [0.1, 0.15) is 0 Å². The molecule has 0 fully saturated rings. The molecule has 0 aliphatic rings. The molecular formula is C5H7O+. The standard InChI is InChI=1S/C5H7O/c1-5(2)3-4-6/h4H,1-2H3/q+1. The first-order valence-corrected chi connectivity index (χ1v) is 1.77. The molecule has 0 saturated carbocycles. The van der Waals surface area contributed by atoms with Crippen LogP contribution >= 0.6 is 0 Å².